The Bertz CT molecular complexity index is 2650. The van der Waals surface area contributed by atoms with Crippen LogP contribution in [0.2, 0.25) is 5.02 Å². The van der Waals surface area contributed by atoms with E-state index in [4.69, 9.17) is 31.0 Å². The van der Waals surface area contributed by atoms with Gasteiger partial charge in [0.1, 0.15) is 34.2 Å². The lowest BCUT2D eigenvalue weighted by atomic mass is 10.0. The molecule has 5 aromatic rings. The molecule has 3 N–H and O–H groups in total. The number of thiophene rings is 1. The van der Waals surface area contributed by atoms with Gasteiger partial charge in [0.2, 0.25) is 27.7 Å². The summed E-state index contributed by atoms with van der Waals surface area (Å²) in [6.07, 6.45) is 8.26. The summed E-state index contributed by atoms with van der Waals surface area (Å²) in [5, 5.41) is 7.28. The van der Waals surface area contributed by atoms with E-state index >= 15 is 0 Å². The van der Waals surface area contributed by atoms with Gasteiger partial charge in [0, 0.05) is 38.7 Å². The molecule has 2 aliphatic heterocycles. The molecule has 3 fully saturated rings. The Morgan fingerprint density at radius 3 is 2.52 bits per heavy atom. The van der Waals surface area contributed by atoms with Gasteiger partial charge in [0.05, 0.1) is 23.4 Å². The summed E-state index contributed by atoms with van der Waals surface area (Å²) in [5.41, 5.74) is 0.710. The number of nitrogens with zero attached hydrogens (tertiary/aromatic N) is 3. The summed E-state index contributed by atoms with van der Waals surface area (Å²) in [6, 6.07) is 20.9. The standard InChI is InChI=1S/C46H49ClN6O7S2/c1-27(2)59-32-20-14-28(15-21-32)41-49-39-35-11-8-9-13-38(35)61-40(39)43(50-41)60-33-24-37-42(54)51-46(45(56)52-62(57,58)34-22-23-34)25-29(46)10-6-4-3-5-7-12-36(44(55)53(37)26-33)48-31-18-16-30(47)17-19-31/h6,8-11,13-21,27,29,33-34,36-37,48H,3-5,7,12,22-26H2,1-2H3,(H,51,54)(H,52,56)/b10-6-/t29-,33-,36+,37+,46-/m1/s1. The van der Waals surface area contributed by atoms with E-state index < -0.39 is 56.7 Å². The van der Waals surface area contributed by atoms with Gasteiger partial charge in [-0.2, -0.15) is 4.98 Å². The van der Waals surface area contributed by atoms with Crippen molar-refractivity contribution in [1.82, 2.24) is 24.9 Å². The highest BCUT2D eigenvalue weighted by Gasteiger charge is 2.62. The maximum atomic E-state index is 14.9. The normalized spacial score (nSPS) is 25.0. The zero-order valence-corrected chi connectivity index (χ0v) is 36.9. The van der Waals surface area contributed by atoms with E-state index in [9.17, 15) is 22.8 Å². The molecule has 2 aliphatic carbocycles. The van der Waals surface area contributed by atoms with Crippen molar-refractivity contribution in [3.8, 4) is 23.0 Å². The Hall–Kier alpha value is -5.25. The molecule has 0 unspecified atom stereocenters. The Kier molecular flexibility index (Phi) is 11.6. The first-order valence-electron chi connectivity index (χ1n) is 21.4. The summed E-state index contributed by atoms with van der Waals surface area (Å²) in [5.74, 6) is -0.511. The van der Waals surface area contributed by atoms with Gasteiger partial charge in [-0.05, 0) is 107 Å². The minimum Gasteiger partial charge on any atom is -0.491 e. The number of anilines is 1. The minimum absolute atomic E-state index is 0.0115. The topological polar surface area (TPSA) is 169 Å². The van der Waals surface area contributed by atoms with Crippen LogP contribution in [0.5, 0.6) is 11.6 Å². The number of halogens is 1. The number of carbonyl (C=O) groups excluding carboxylic acids is 3. The Labute approximate surface area is 369 Å². The highest BCUT2D eigenvalue weighted by atomic mass is 35.5. The van der Waals surface area contributed by atoms with Gasteiger partial charge >= 0.3 is 0 Å². The molecule has 2 saturated carbocycles. The average molecular weight is 898 g/mol. The van der Waals surface area contributed by atoms with Crippen LogP contribution in [0.1, 0.15) is 71.6 Å². The lowest BCUT2D eigenvalue weighted by Gasteiger charge is -2.30. The van der Waals surface area contributed by atoms with Crippen molar-refractivity contribution in [2.45, 2.75) is 107 Å². The number of fused-ring (bicyclic) bond motifs is 5. The van der Waals surface area contributed by atoms with E-state index in [1.807, 2.05) is 86.7 Å². The van der Waals surface area contributed by atoms with Crippen molar-refractivity contribution in [1.29, 1.82) is 0 Å². The molecule has 2 aromatic heterocycles. The monoisotopic (exact) mass is 896 g/mol. The van der Waals surface area contributed by atoms with E-state index in [2.05, 4.69) is 15.4 Å². The number of aromatic nitrogens is 2. The Morgan fingerprint density at radius 1 is 0.984 bits per heavy atom. The largest absolute Gasteiger partial charge is 0.491 e. The lowest BCUT2D eigenvalue weighted by Crippen LogP contribution is -2.57. The quantitative estimate of drug-likeness (QED) is 0.118. The number of ether oxygens (including phenoxy) is 2. The third kappa shape index (κ3) is 8.84. The molecule has 0 spiro atoms. The fourth-order valence-corrected chi connectivity index (χ4v) is 11.0. The number of allylic oxidation sites excluding steroid dienone is 1. The first kappa shape index (κ1) is 42.1. The van der Waals surface area contributed by atoms with Crippen LogP contribution < -0.4 is 24.8 Å². The summed E-state index contributed by atoms with van der Waals surface area (Å²) < 4.78 is 42.7. The smallest absolute Gasteiger partial charge is 0.259 e. The third-order valence-electron chi connectivity index (χ3n) is 12.0. The van der Waals surface area contributed by atoms with Crippen LogP contribution in [0, 0.1) is 5.92 Å². The Balaban J connectivity index is 1.07. The van der Waals surface area contributed by atoms with E-state index in [0.29, 0.717) is 41.7 Å². The van der Waals surface area contributed by atoms with Crippen molar-refractivity contribution in [2.24, 2.45) is 5.92 Å². The molecule has 3 amide bonds. The number of carbonyl (C=O) groups is 3. The van der Waals surface area contributed by atoms with Crippen molar-refractivity contribution < 1.29 is 32.3 Å². The second kappa shape index (κ2) is 17.1. The number of nitrogens with one attached hydrogen (secondary N) is 3. The molecule has 3 aromatic carbocycles. The predicted molar refractivity (Wildman–Crippen MR) is 241 cm³/mol. The maximum Gasteiger partial charge on any atom is 0.259 e. The molecule has 62 heavy (non-hydrogen) atoms. The van der Waals surface area contributed by atoms with Gasteiger partial charge in [0.25, 0.3) is 5.91 Å². The molecule has 0 radical (unpaired) electrons. The molecule has 4 heterocycles. The van der Waals surface area contributed by atoms with Crippen LogP contribution in [0.4, 0.5) is 5.69 Å². The van der Waals surface area contributed by atoms with E-state index in [-0.39, 0.29) is 31.4 Å². The van der Waals surface area contributed by atoms with Crippen LogP contribution in [0.3, 0.4) is 0 Å². The highest BCUT2D eigenvalue weighted by molar-refractivity contribution is 7.91. The Morgan fingerprint density at radius 2 is 1.76 bits per heavy atom. The van der Waals surface area contributed by atoms with Crippen LogP contribution in [0.15, 0.2) is 84.9 Å². The van der Waals surface area contributed by atoms with Gasteiger partial charge in [0.15, 0.2) is 5.82 Å². The highest BCUT2D eigenvalue weighted by Crippen LogP contribution is 2.46. The predicted octanol–water partition coefficient (Wildman–Crippen LogP) is 7.78. The van der Waals surface area contributed by atoms with Crippen LogP contribution >= 0.6 is 22.9 Å². The van der Waals surface area contributed by atoms with Crippen molar-refractivity contribution in [3.05, 3.63) is 90.0 Å². The van der Waals surface area contributed by atoms with E-state index in [0.717, 1.165) is 57.3 Å². The third-order valence-corrected chi connectivity index (χ3v) is 15.2. The van der Waals surface area contributed by atoms with E-state index in [1.165, 1.54) is 11.3 Å². The zero-order chi connectivity index (χ0) is 43.2. The molecule has 324 valence electrons. The molecular formula is C46H49ClN6O7S2. The van der Waals surface area contributed by atoms with Crippen molar-refractivity contribution >= 4 is 76.7 Å². The summed E-state index contributed by atoms with van der Waals surface area (Å²) >= 11 is 7.71. The number of amides is 3. The molecule has 0 bridgehead atoms. The van der Waals surface area contributed by atoms with Crippen LogP contribution in [-0.4, -0.2) is 82.6 Å². The van der Waals surface area contributed by atoms with Gasteiger partial charge in [-0.15, -0.1) is 11.3 Å². The molecule has 1 saturated heterocycles. The van der Waals surface area contributed by atoms with Crippen LogP contribution in [-0.2, 0) is 24.4 Å². The van der Waals surface area contributed by atoms with Gasteiger partial charge in [-0.1, -0.05) is 54.8 Å². The summed E-state index contributed by atoms with van der Waals surface area (Å²) in [7, 11) is -3.89. The molecule has 4 aliphatic rings. The molecular weight excluding hydrogens is 848 g/mol. The number of benzene rings is 3. The van der Waals surface area contributed by atoms with Gasteiger partial charge < -0.3 is 25.0 Å². The molecule has 16 heteroatoms. The maximum absolute atomic E-state index is 14.9. The fraction of sp³-hybridized carbons (Fsp3) is 0.413. The average Bonchev–Trinajstić information content (AvgIpc) is 4.15. The van der Waals surface area contributed by atoms with Gasteiger partial charge in [-0.3, -0.25) is 19.1 Å². The second-order valence-corrected chi connectivity index (χ2v) is 20.5. The number of hydrogen-bond donors (Lipinski definition) is 3. The zero-order valence-electron chi connectivity index (χ0n) is 34.5. The second-order valence-electron chi connectivity index (χ2n) is 17.0. The first-order chi connectivity index (χ1) is 29.9. The fourth-order valence-electron chi connectivity index (χ4n) is 8.48. The van der Waals surface area contributed by atoms with E-state index in [1.54, 1.807) is 17.0 Å². The first-order valence-corrected chi connectivity index (χ1v) is 24.1. The molecule has 9 rings (SSSR count). The minimum atomic E-state index is -3.89. The number of sulfonamides is 1. The lowest BCUT2D eigenvalue weighted by molar-refractivity contribution is -0.140. The number of hydrogen-bond acceptors (Lipinski definition) is 11. The molecule has 13 nitrogen and oxygen atoms in total. The summed E-state index contributed by atoms with van der Waals surface area (Å²) in [4.78, 5) is 55.1. The number of rotatable bonds is 10. The summed E-state index contributed by atoms with van der Waals surface area (Å²) in [6.45, 7) is 3.99. The van der Waals surface area contributed by atoms with Crippen LogP contribution in [0.25, 0.3) is 31.7 Å². The van der Waals surface area contributed by atoms with Gasteiger partial charge in [-0.25, -0.2) is 13.4 Å². The van der Waals surface area contributed by atoms with Crippen molar-refractivity contribution in [2.75, 3.05) is 11.9 Å². The SMILES string of the molecule is CC(C)Oc1ccc(-c2nc(O[C@@H]3C[C@H]4C(=O)N[C@]5(C(=O)NS(=O)(=O)C6CC6)C[C@H]5/C=C\CCCCC[C@H](Nc5ccc(Cl)cc5)C(=O)N4C3)c3sc4ccccc4c3n2)cc1. The van der Waals surface area contributed by atoms with Crippen molar-refractivity contribution in [3.63, 3.8) is 0 Å². The molecule has 5 atom stereocenters.